The highest BCUT2D eigenvalue weighted by Crippen LogP contribution is 2.26. The van der Waals surface area contributed by atoms with Crippen LogP contribution in [0.4, 0.5) is 19.3 Å². The van der Waals surface area contributed by atoms with Gasteiger partial charge in [0.1, 0.15) is 17.4 Å². The summed E-state index contributed by atoms with van der Waals surface area (Å²) in [5, 5.41) is 21.9. The molecule has 0 heterocycles. The van der Waals surface area contributed by atoms with Crippen molar-refractivity contribution in [1.82, 2.24) is 4.90 Å². The van der Waals surface area contributed by atoms with E-state index in [1.54, 1.807) is 29.2 Å². The first-order valence-corrected chi connectivity index (χ1v) is 8.91. The Hall–Kier alpha value is -2.67. The first kappa shape index (κ1) is 19.1. The third kappa shape index (κ3) is 4.95. The molecular weight excluding hydrogens is 354 g/mol. The van der Waals surface area contributed by atoms with Crippen molar-refractivity contribution in [3.05, 3.63) is 59.7 Å². The minimum absolute atomic E-state index is 0.0940. The number of phenolic OH excluding ortho intramolecular Hbond substituents is 1. The fraction of sp³-hybridized carbons (Fsp3) is 0.350. The van der Waals surface area contributed by atoms with Crippen molar-refractivity contribution in [3.63, 3.8) is 0 Å². The van der Waals surface area contributed by atoms with Gasteiger partial charge in [0, 0.05) is 18.7 Å². The summed E-state index contributed by atoms with van der Waals surface area (Å²) in [6.07, 6.45) is 2.04. The normalized spacial score (nSPS) is 19.5. The molecule has 1 aliphatic rings. The van der Waals surface area contributed by atoms with Gasteiger partial charge in [-0.3, -0.25) is 0 Å². The second-order valence-electron chi connectivity index (χ2n) is 6.81. The number of aliphatic hydroxyl groups excluding tert-OH is 1. The standard InChI is InChI=1S/C20H22F2N2O3/c21-14-4-9-19(18(22)11-14)23-20(27)24(15-5-7-16(25)8-6-15)12-13-2-1-3-17(26)10-13/h1-4,9-11,15-16,25-26H,5-8,12H2,(H,23,27). The van der Waals surface area contributed by atoms with Gasteiger partial charge in [0.25, 0.3) is 0 Å². The van der Waals surface area contributed by atoms with E-state index in [9.17, 15) is 23.8 Å². The number of nitrogens with one attached hydrogen (secondary N) is 1. The first-order valence-electron chi connectivity index (χ1n) is 8.91. The number of benzene rings is 2. The van der Waals surface area contributed by atoms with E-state index in [0.29, 0.717) is 31.7 Å². The van der Waals surface area contributed by atoms with E-state index in [1.165, 1.54) is 6.07 Å². The summed E-state index contributed by atoms with van der Waals surface area (Å²) in [4.78, 5) is 14.4. The van der Waals surface area contributed by atoms with E-state index < -0.39 is 17.7 Å². The van der Waals surface area contributed by atoms with Gasteiger partial charge in [-0.1, -0.05) is 12.1 Å². The number of phenols is 1. The monoisotopic (exact) mass is 376 g/mol. The molecule has 3 N–H and O–H groups in total. The van der Waals surface area contributed by atoms with Gasteiger partial charge < -0.3 is 20.4 Å². The summed E-state index contributed by atoms with van der Waals surface area (Å²) >= 11 is 0. The van der Waals surface area contributed by atoms with Crippen molar-refractivity contribution in [2.45, 2.75) is 44.4 Å². The maximum Gasteiger partial charge on any atom is 0.322 e. The average Bonchev–Trinajstić information content (AvgIpc) is 2.63. The number of hydrogen-bond donors (Lipinski definition) is 3. The molecule has 0 saturated heterocycles. The number of hydrogen-bond acceptors (Lipinski definition) is 3. The maximum absolute atomic E-state index is 13.9. The van der Waals surface area contributed by atoms with Crippen LogP contribution in [0.2, 0.25) is 0 Å². The summed E-state index contributed by atoms with van der Waals surface area (Å²) in [6, 6.07) is 8.92. The average molecular weight is 376 g/mol. The lowest BCUT2D eigenvalue weighted by atomic mass is 9.92. The zero-order valence-electron chi connectivity index (χ0n) is 14.7. The quantitative estimate of drug-likeness (QED) is 0.755. The molecule has 144 valence electrons. The summed E-state index contributed by atoms with van der Waals surface area (Å²) in [6.45, 7) is 0.226. The number of carbonyl (C=O) groups is 1. The second-order valence-corrected chi connectivity index (χ2v) is 6.81. The number of urea groups is 1. The zero-order valence-corrected chi connectivity index (χ0v) is 14.7. The Morgan fingerprint density at radius 3 is 2.52 bits per heavy atom. The van der Waals surface area contributed by atoms with Crippen molar-refractivity contribution in [2.75, 3.05) is 5.32 Å². The number of amides is 2. The van der Waals surface area contributed by atoms with Crippen LogP contribution in [0.3, 0.4) is 0 Å². The van der Waals surface area contributed by atoms with E-state index >= 15 is 0 Å². The molecule has 7 heteroatoms. The lowest BCUT2D eigenvalue weighted by molar-refractivity contribution is 0.0849. The van der Waals surface area contributed by atoms with Crippen LogP contribution in [0.1, 0.15) is 31.2 Å². The predicted octanol–water partition coefficient (Wildman–Crippen LogP) is 4.01. The molecule has 0 aliphatic heterocycles. The highest BCUT2D eigenvalue weighted by atomic mass is 19.1. The minimum Gasteiger partial charge on any atom is -0.508 e. The van der Waals surface area contributed by atoms with Crippen molar-refractivity contribution in [2.24, 2.45) is 0 Å². The molecule has 0 spiro atoms. The van der Waals surface area contributed by atoms with E-state index in [0.717, 1.165) is 11.6 Å². The highest BCUT2D eigenvalue weighted by molar-refractivity contribution is 5.89. The number of rotatable bonds is 4. The van der Waals surface area contributed by atoms with Crippen LogP contribution in [0.5, 0.6) is 5.75 Å². The molecule has 0 bridgehead atoms. The third-order valence-corrected chi connectivity index (χ3v) is 4.80. The SMILES string of the molecule is O=C(Nc1ccc(F)cc1F)N(Cc1cccc(O)c1)C1CCC(O)CC1. The fourth-order valence-corrected chi connectivity index (χ4v) is 3.37. The molecule has 1 aliphatic carbocycles. The number of anilines is 1. The molecule has 3 rings (SSSR count). The minimum atomic E-state index is -0.847. The summed E-state index contributed by atoms with van der Waals surface area (Å²) in [5.74, 6) is -1.47. The van der Waals surface area contributed by atoms with Crippen LogP contribution in [-0.4, -0.2) is 33.3 Å². The van der Waals surface area contributed by atoms with Crippen molar-refractivity contribution < 1.29 is 23.8 Å². The van der Waals surface area contributed by atoms with Crippen molar-refractivity contribution >= 4 is 11.7 Å². The van der Waals surface area contributed by atoms with Gasteiger partial charge in [0.05, 0.1) is 11.8 Å². The number of halogens is 2. The molecule has 1 fully saturated rings. The molecule has 2 aromatic carbocycles. The van der Waals surface area contributed by atoms with Crippen LogP contribution in [-0.2, 0) is 6.54 Å². The largest absolute Gasteiger partial charge is 0.508 e. The number of nitrogens with zero attached hydrogens (tertiary/aromatic N) is 1. The van der Waals surface area contributed by atoms with Crippen LogP contribution < -0.4 is 5.32 Å². The van der Waals surface area contributed by atoms with Crippen LogP contribution in [0.15, 0.2) is 42.5 Å². The van der Waals surface area contributed by atoms with Gasteiger partial charge in [-0.2, -0.15) is 0 Å². The van der Waals surface area contributed by atoms with Crippen LogP contribution in [0, 0.1) is 11.6 Å². The van der Waals surface area contributed by atoms with E-state index in [-0.39, 0.29) is 30.1 Å². The van der Waals surface area contributed by atoms with Gasteiger partial charge >= 0.3 is 6.03 Å². The third-order valence-electron chi connectivity index (χ3n) is 4.80. The van der Waals surface area contributed by atoms with Crippen molar-refractivity contribution in [1.29, 1.82) is 0 Å². The summed E-state index contributed by atoms with van der Waals surface area (Å²) in [7, 11) is 0. The molecule has 0 radical (unpaired) electrons. The van der Waals surface area contributed by atoms with Gasteiger partial charge in [-0.25, -0.2) is 13.6 Å². The summed E-state index contributed by atoms with van der Waals surface area (Å²) in [5.41, 5.74) is 0.633. The zero-order chi connectivity index (χ0) is 19.4. The van der Waals surface area contributed by atoms with E-state index in [4.69, 9.17) is 0 Å². The number of carbonyl (C=O) groups excluding carboxylic acids is 1. The molecule has 0 atom stereocenters. The highest BCUT2D eigenvalue weighted by Gasteiger charge is 2.29. The first-order chi connectivity index (χ1) is 12.9. The Labute approximate surface area is 156 Å². The Balaban J connectivity index is 1.80. The lowest BCUT2D eigenvalue weighted by Crippen LogP contribution is -2.44. The van der Waals surface area contributed by atoms with Gasteiger partial charge in [0.2, 0.25) is 0 Å². The van der Waals surface area contributed by atoms with Gasteiger partial charge in [-0.05, 0) is 55.5 Å². The molecule has 0 unspecified atom stereocenters. The fourth-order valence-electron chi connectivity index (χ4n) is 3.37. The Morgan fingerprint density at radius 2 is 1.85 bits per heavy atom. The topological polar surface area (TPSA) is 72.8 Å². The van der Waals surface area contributed by atoms with E-state index in [2.05, 4.69) is 5.32 Å². The van der Waals surface area contributed by atoms with Crippen LogP contribution >= 0.6 is 0 Å². The van der Waals surface area contributed by atoms with Gasteiger partial charge in [0.15, 0.2) is 0 Å². The predicted molar refractivity (Wildman–Crippen MR) is 97.3 cm³/mol. The molecule has 27 heavy (non-hydrogen) atoms. The van der Waals surface area contributed by atoms with Crippen molar-refractivity contribution in [3.8, 4) is 5.75 Å². The molecule has 0 aromatic heterocycles. The second kappa shape index (κ2) is 8.35. The number of aromatic hydroxyl groups is 1. The molecule has 5 nitrogen and oxygen atoms in total. The summed E-state index contributed by atoms with van der Waals surface area (Å²) < 4.78 is 27.0. The molecule has 1 saturated carbocycles. The smallest absolute Gasteiger partial charge is 0.322 e. The molecule has 2 aromatic rings. The Bertz CT molecular complexity index is 808. The maximum atomic E-state index is 13.9. The Morgan fingerprint density at radius 1 is 1.11 bits per heavy atom. The van der Waals surface area contributed by atoms with Crippen LogP contribution in [0.25, 0.3) is 0 Å². The lowest BCUT2D eigenvalue weighted by Gasteiger charge is -2.36. The van der Waals surface area contributed by atoms with Gasteiger partial charge in [-0.15, -0.1) is 0 Å². The molecule has 2 amide bonds. The Kier molecular flexibility index (Phi) is 5.91. The van der Waals surface area contributed by atoms with E-state index in [1.807, 2.05) is 0 Å². The number of aliphatic hydroxyl groups is 1. The molecular formula is C20H22F2N2O3.